The van der Waals surface area contributed by atoms with Crippen LogP contribution < -0.4 is 10.5 Å². The normalized spacial score (nSPS) is 23.3. The molecule has 0 heterocycles. The quantitative estimate of drug-likeness (QED) is 0.914. The minimum Gasteiger partial charge on any atom is -0.326 e. The standard InChI is InChI=1S/C16H20N2O2S/c17-14-9-3-4-10-15(14)18-21(19,20)16-11-5-7-12-6-1-2-8-13(12)16/h1-2,5-8,11,14-15,18H,3-4,9-10,17H2. The van der Waals surface area contributed by atoms with E-state index in [1.807, 2.05) is 30.3 Å². The van der Waals surface area contributed by atoms with Crippen LogP contribution in [-0.2, 0) is 10.0 Å². The Bertz CT molecular complexity index is 738. The first-order valence-corrected chi connectivity index (χ1v) is 8.82. The second-order valence-electron chi connectivity index (χ2n) is 5.65. The van der Waals surface area contributed by atoms with Crippen LogP contribution in [0, 0.1) is 0 Å². The summed E-state index contributed by atoms with van der Waals surface area (Å²) in [6.45, 7) is 0. The minimum absolute atomic E-state index is 0.0940. The van der Waals surface area contributed by atoms with Gasteiger partial charge in [0.1, 0.15) is 0 Å². The zero-order valence-electron chi connectivity index (χ0n) is 11.8. The molecule has 0 aliphatic heterocycles. The first-order chi connectivity index (χ1) is 10.1. The third-order valence-corrected chi connectivity index (χ3v) is 5.71. The molecule has 0 amide bonds. The number of nitrogens with two attached hydrogens (primary N) is 1. The predicted molar refractivity (Wildman–Crippen MR) is 84.5 cm³/mol. The van der Waals surface area contributed by atoms with Crippen molar-refractivity contribution in [3.63, 3.8) is 0 Å². The Labute approximate surface area is 125 Å². The lowest BCUT2D eigenvalue weighted by molar-refractivity contribution is 0.361. The van der Waals surface area contributed by atoms with Crippen LogP contribution in [0.4, 0.5) is 0 Å². The van der Waals surface area contributed by atoms with E-state index in [2.05, 4.69) is 4.72 Å². The van der Waals surface area contributed by atoms with Crippen LogP contribution in [-0.4, -0.2) is 20.5 Å². The van der Waals surface area contributed by atoms with Gasteiger partial charge in [-0.15, -0.1) is 0 Å². The van der Waals surface area contributed by atoms with E-state index in [9.17, 15) is 8.42 Å². The lowest BCUT2D eigenvalue weighted by Gasteiger charge is -2.29. The Morgan fingerprint density at radius 3 is 2.52 bits per heavy atom. The molecule has 1 saturated carbocycles. The summed E-state index contributed by atoms with van der Waals surface area (Å²) in [5, 5.41) is 1.67. The number of hydrogen-bond donors (Lipinski definition) is 2. The van der Waals surface area contributed by atoms with Crippen LogP contribution in [0.5, 0.6) is 0 Å². The Hall–Kier alpha value is -1.43. The molecular weight excluding hydrogens is 284 g/mol. The van der Waals surface area contributed by atoms with E-state index in [1.54, 1.807) is 12.1 Å². The highest BCUT2D eigenvalue weighted by Crippen LogP contribution is 2.24. The van der Waals surface area contributed by atoms with E-state index in [0.717, 1.165) is 36.5 Å². The molecule has 5 heteroatoms. The van der Waals surface area contributed by atoms with Gasteiger partial charge in [0, 0.05) is 17.5 Å². The van der Waals surface area contributed by atoms with Gasteiger partial charge in [0.25, 0.3) is 0 Å². The van der Waals surface area contributed by atoms with Gasteiger partial charge >= 0.3 is 0 Å². The summed E-state index contributed by atoms with van der Waals surface area (Å²) in [5.74, 6) is 0. The molecule has 1 aliphatic carbocycles. The minimum atomic E-state index is -3.55. The summed E-state index contributed by atoms with van der Waals surface area (Å²) in [7, 11) is -3.55. The number of nitrogens with one attached hydrogen (secondary N) is 1. The molecule has 21 heavy (non-hydrogen) atoms. The maximum absolute atomic E-state index is 12.7. The van der Waals surface area contributed by atoms with Crippen LogP contribution in [0.1, 0.15) is 25.7 Å². The maximum Gasteiger partial charge on any atom is 0.241 e. The van der Waals surface area contributed by atoms with Crippen molar-refractivity contribution in [2.45, 2.75) is 42.7 Å². The van der Waals surface area contributed by atoms with Crippen molar-refractivity contribution in [3.05, 3.63) is 42.5 Å². The summed E-state index contributed by atoms with van der Waals surface area (Å²) >= 11 is 0. The van der Waals surface area contributed by atoms with Gasteiger partial charge in [-0.3, -0.25) is 0 Å². The Morgan fingerprint density at radius 1 is 1.00 bits per heavy atom. The summed E-state index contributed by atoms with van der Waals surface area (Å²) in [4.78, 5) is 0.332. The van der Waals surface area contributed by atoms with E-state index in [-0.39, 0.29) is 12.1 Å². The molecule has 0 radical (unpaired) electrons. The topological polar surface area (TPSA) is 72.2 Å². The van der Waals surface area contributed by atoms with Gasteiger partial charge in [-0.2, -0.15) is 0 Å². The monoisotopic (exact) mass is 304 g/mol. The number of sulfonamides is 1. The first-order valence-electron chi connectivity index (χ1n) is 7.33. The van der Waals surface area contributed by atoms with Crippen molar-refractivity contribution < 1.29 is 8.42 Å². The third-order valence-electron chi connectivity index (χ3n) is 4.17. The average Bonchev–Trinajstić information content (AvgIpc) is 2.49. The molecule has 0 spiro atoms. The molecule has 0 bridgehead atoms. The van der Waals surface area contributed by atoms with Crippen molar-refractivity contribution in [1.82, 2.24) is 4.72 Å². The highest BCUT2D eigenvalue weighted by molar-refractivity contribution is 7.89. The maximum atomic E-state index is 12.7. The summed E-state index contributed by atoms with van der Waals surface area (Å²) < 4.78 is 28.2. The molecule has 2 aromatic carbocycles. The van der Waals surface area contributed by atoms with Crippen molar-refractivity contribution in [1.29, 1.82) is 0 Å². The molecule has 2 atom stereocenters. The average molecular weight is 304 g/mol. The molecule has 1 aliphatic rings. The van der Waals surface area contributed by atoms with Gasteiger partial charge in [-0.05, 0) is 24.3 Å². The fourth-order valence-corrected chi connectivity index (χ4v) is 4.55. The van der Waals surface area contributed by atoms with E-state index < -0.39 is 10.0 Å². The van der Waals surface area contributed by atoms with Crippen molar-refractivity contribution in [3.8, 4) is 0 Å². The summed E-state index contributed by atoms with van der Waals surface area (Å²) in [6, 6.07) is 12.6. The second kappa shape index (κ2) is 5.75. The lowest BCUT2D eigenvalue weighted by atomic mass is 9.92. The zero-order chi connectivity index (χ0) is 14.9. The van der Waals surface area contributed by atoms with Crippen LogP contribution >= 0.6 is 0 Å². The Kier molecular flexibility index (Phi) is 3.97. The highest BCUT2D eigenvalue weighted by atomic mass is 32.2. The highest BCUT2D eigenvalue weighted by Gasteiger charge is 2.27. The van der Waals surface area contributed by atoms with Crippen LogP contribution in [0.3, 0.4) is 0 Å². The fraction of sp³-hybridized carbons (Fsp3) is 0.375. The number of benzene rings is 2. The number of hydrogen-bond acceptors (Lipinski definition) is 3. The van der Waals surface area contributed by atoms with Crippen molar-refractivity contribution in [2.24, 2.45) is 5.73 Å². The van der Waals surface area contributed by atoms with Crippen LogP contribution in [0.2, 0.25) is 0 Å². The summed E-state index contributed by atoms with van der Waals surface area (Å²) in [5.41, 5.74) is 6.05. The van der Waals surface area contributed by atoms with E-state index in [1.165, 1.54) is 0 Å². The molecule has 0 aromatic heterocycles. The van der Waals surface area contributed by atoms with E-state index >= 15 is 0 Å². The van der Waals surface area contributed by atoms with E-state index in [0.29, 0.717) is 4.90 Å². The Balaban J connectivity index is 1.97. The van der Waals surface area contributed by atoms with Gasteiger partial charge in [0.05, 0.1) is 4.90 Å². The van der Waals surface area contributed by atoms with Crippen molar-refractivity contribution >= 4 is 20.8 Å². The third kappa shape index (κ3) is 2.95. The molecule has 4 nitrogen and oxygen atoms in total. The Morgan fingerprint density at radius 2 is 1.71 bits per heavy atom. The molecule has 0 saturated heterocycles. The van der Waals surface area contributed by atoms with E-state index in [4.69, 9.17) is 5.73 Å². The molecule has 3 rings (SSSR count). The molecule has 112 valence electrons. The molecular formula is C16H20N2O2S. The molecule has 3 N–H and O–H groups in total. The summed E-state index contributed by atoms with van der Waals surface area (Å²) in [6.07, 6.45) is 3.79. The van der Waals surface area contributed by atoms with Crippen molar-refractivity contribution in [2.75, 3.05) is 0 Å². The zero-order valence-corrected chi connectivity index (χ0v) is 12.6. The fourth-order valence-electron chi connectivity index (χ4n) is 3.00. The molecule has 1 fully saturated rings. The second-order valence-corrected chi connectivity index (χ2v) is 7.34. The van der Waals surface area contributed by atoms with Crippen LogP contribution in [0.15, 0.2) is 47.4 Å². The first kappa shape index (κ1) is 14.5. The predicted octanol–water partition coefficient (Wildman–Crippen LogP) is 2.39. The largest absolute Gasteiger partial charge is 0.326 e. The van der Waals surface area contributed by atoms with Gasteiger partial charge < -0.3 is 5.73 Å². The number of rotatable bonds is 3. The number of fused-ring (bicyclic) bond motifs is 1. The lowest BCUT2D eigenvalue weighted by Crippen LogP contribution is -2.49. The van der Waals surface area contributed by atoms with Crippen LogP contribution in [0.25, 0.3) is 10.8 Å². The smallest absolute Gasteiger partial charge is 0.241 e. The van der Waals surface area contributed by atoms with Gasteiger partial charge in [0.15, 0.2) is 0 Å². The SMILES string of the molecule is NC1CCCCC1NS(=O)(=O)c1cccc2ccccc12. The molecule has 2 aromatic rings. The van der Waals surface area contributed by atoms with Gasteiger partial charge in [-0.1, -0.05) is 49.2 Å². The molecule has 2 unspecified atom stereocenters. The van der Waals surface area contributed by atoms with Gasteiger partial charge in [-0.25, -0.2) is 13.1 Å². The van der Waals surface area contributed by atoms with Gasteiger partial charge in [0.2, 0.25) is 10.0 Å².